The smallest absolute Gasteiger partial charge is 0.240 e. The Morgan fingerprint density at radius 3 is 2.53 bits per heavy atom. The molecule has 10 nitrogen and oxygen atoms in total. The number of thiazole rings is 1. The lowest BCUT2D eigenvalue weighted by atomic mass is 10.0. The van der Waals surface area contributed by atoms with Gasteiger partial charge in [0.15, 0.2) is 5.13 Å². The first-order valence-corrected chi connectivity index (χ1v) is 10.1. The minimum absolute atomic E-state index is 0.000637. The van der Waals surface area contributed by atoms with Crippen molar-refractivity contribution in [2.45, 2.75) is 31.9 Å². The lowest BCUT2D eigenvalue weighted by Gasteiger charge is -2.15. The maximum Gasteiger partial charge on any atom is 0.240 e. The number of aromatic nitrogens is 1. The van der Waals surface area contributed by atoms with Crippen LogP contribution in [0.1, 0.15) is 23.3 Å². The topological polar surface area (TPSA) is 167 Å². The molecule has 1 heterocycles. The molecule has 0 aliphatic carbocycles. The monoisotopic (exact) mass is 435 g/mol. The van der Waals surface area contributed by atoms with Crippen molar-refractivity contribution in [1.29, 1.82) is 0 Å². The summed E-state index contributed by atoms with van der Waals surface area (Å²) in [6, 6.07) is 5.73. The summed E-state index contributed by atoms with van der Waals surface area (Å²) in [5, 5.41) is 26.8. The molecule has 0 bridgehead atoms. The minimum atomic E-state index is -0.825. The van der Waals surface area contributed by atoms with Gasteiger partial charge in [-0.25, -0.2) is 4.98 Å². The quantitative estimate of drug-likeness (QED) is 0.270. The van der Waals surface area contributed by atoms with Crippen molar-refractivity contribution in [3.05, 3.63) is 40.9 Å². The van der Waals surface area contributed by atoms with Crippen LogP contribution in [0.4, 0.5) is 5.13 Å². The van der Waals surface area contributed by atoms with E-state index in [1.54, 1.807) is 24.3 Å². The molecule has 0 spiro atoms. The third-order valence-electron chi connectivity index (χ3n) is 4.12. The zero-order chi connectivity index (χ0) is 21.9. The summed E-state index contributed by atoms with van der Waals surface area (Å²) in [7, 11) is 0. The molecule has 11 heteroatoms. The van der Waals surface area contributed by atoms with E-state index in [0.29, 0.717) is 22.9 Å². The average molecular weight is 436 g/mol. The van der Waals surface area contributed by atoms with Crippen molar-refractivity contribution in [3.63, 3.8) is 0 Å². The fourth-order valence-corrected chi connectivity index (χ4v) is 3.19. The first-order chi connectivity index (χ1) is 14.4. The van der Waals surface area contributed by atoms with Crippen molar-refractivity contribution in [2.75, 3.05) is 18.4 Å². The Morgan fingerprint density at radius 1 is 1.17 bits per heavy atom. The lowest BCUT2D eigenvalue weighted by Crippen LogP contribution is -2.45. The molecule has 0 aliphatic heterocycles. The van der Waals surface area contributed by atoms with Crippen LogP contribution in [0.25, 0.3) is 0 Å². The third-order valence-corrected chi connectivity index (χ3v) is 5.06. The molecule has 1 unspecified atom stereocenters. The second-order valence-corrected chi connectivity index (χ2v) is 7.59. The molecule has 2 rings (SSSR count). The van der Waals surface area contributed by atoms with Crippen LogP contribution in [0, 0.1) is 0 Å². The van der Waals surface area contributed by atoms with Crippen molar-refractivity contribution < 1.29 is 24.6 Å². The highest BCUT2D eigenvalue weighted by Crippen LogP contribution is 2.17. The molecule has 2 aromatic rings. The van der Waals surface area contributed by atoms with Gasteiger partial charge in [-0.2, -0.15) is 0 Å². The van der Waals surface area contributed by atoms with Crippen molar-refractivity contribution in [3.8, 4) is 5.75 Å². The first kappa shape index (κ1) is 23.1. The number of aliphatic hydroxyl groups is 1. The maximum atomic E-state index is 12.1. The number of anilines is 1. The number of nitrogens with two attached hydrogens (primary N) is 1. The highest BCUT2D eigenvalue weighted by Gasteiger charge is 2.18. The Labute approximate surface area is 177 Å². The lowest BCUT2D eigenvalue weighted by molar-refractivity contribution is -0.127. The standard InChI is InChI=1S/C19H25N5O5S/c20-18(29)15(6-3-12-1-4-13(26)5-2-12)24-16(27)7-8-21-17(28)10-23-19-22-9-14(11-25)30-19/h1-2,4-5,9,15,25-26H,3,6-8,10-11H2,(H2,20,29)(H,21,28)(H,22,23)(H,24,27). The molecule has 30 heavy (non-hydrogen) atoms. The summed E-state index contributed by atoms with van der Waals surface area (Å²) in [6.07, 6.45) is 2.35. The number of carbonyl (C=O) groups excluding carboxylic acids is 3. The zero-order valence-electron chi connectivity index (χ0n) is 16.3. The fourth-order valence-electron chi connectivity index (χ4n) is 2.52. The van der Waals surface area contributed by atoms with Gasteiger partial charge in [-0.15, -0.1) is 0 Å². The number of aliphatic hydroxyl groups excluding tert-OH is 1. The predicted octanol–water partition coefficient (Wildman–Crippen LogP) is -0.138. The molecule has 1 aromatic carbocycles. The molecule has 0 aliphatic rings. The SMILES string of the molecule is NC(=O)C(CCc1ccc(O)cc1)NC(=O)CCNC(=O)CNc1ncc(CO)s1. The van der Waals surface area contributed by atoms with Crippen LogP contribution < -0.4 is 21.7 Å². The number of carbonyl (C=O) groups is 3. The maximum absolute atomic E-state index is 12.1. The van der Waals surface area contributed by atoms with E-state index in [0.717, 1.165) is 5.56 Å². The van der Waals surface area contributed by atoms with Gasteiger partial charge in [0.1, 0.15) is 11.8 Å². The van der Waals surface area contributed by atoms with Crippen LogP contribution in [0.3, 0.4) is 0 Å². The van der Waals surface area contributed by atoms with Gasteiger partial charge in [-0.1, -0.05) is 23.5 Å². The van der Waals surface area contributed by atoms with Crippen LogP contribution in [0.2, 0.25) is 0 Å². The predicted molar refractivity (Wildman–Crippen MR) is 112 cm³/mol. The summed E-state index contributed by atoms with van der Waals surface area (Å²) in [5.41, 5.74) is 6.27. The Hall–Kier alpha value is -3.18. The van der Waals surface area contributed by atoms with Gasteiger partial charge >= 0.3 is 0 Å². The van der Waals surface area contributed by atoms with Crippen molar-refractivity contribution >= 4 is 34.2 Å². The van der Waals surface area contributed by atoms with Crippen LogP contribution in [0.15, 0.2) is 30.5 Å². The largest absolute Gasteiger partial charge is 0.508 e. The second kappa shape index (κ2) is 11.7. The molecule has 0 saturated carbocycles. The summed E-state index contributed by atoms with van der Waals surface area (Å²) in [4.78, 5) is 40.2. The van der Waals surface area contributed by atoms with Crippen LogP contribution >= 0.6 is 11.3 Å². The van der Waals surface area contributed by atoms with Gasteiger partial charge in [0.05, 0.1) is 18.0 Å². The van der Waals surface area contributed by atoms with E-state index in [-0.39, 0.29) is 37.8 Å². The van der Waals surface area contributed by atoms with Gasteiger partial charge in [0, 0.05) is 19.2 Å². The number of aryl methyl sites for hydroxylation is 1. The van der Waals surface area contributed by atoms with Crippen molar-refractivity contribution in [1.82, 2.24) is 15.6 Å². The van der Waals surface area contributed by atoms with E-state index in [2.05, 4.69) is 20.9 Å². The number of benzene rings is 1. The third kappa shape index (κ3) is 8.05. The fraction of sp³-hybridized carbons (Fsp3) is 0.368. The van der Waals surface area contributed by atoms with Gasteiger partial charge < -0.3 is 31.9 Å². The van der Waals surface area contributed by atoms with Gasteiger partial charge in [-0.3, -0.25) is 14.4 Å². The zero-order valence-corrected chi connectivity index (χ0v) is 17.1. The molecular formula is C19H25N5O5S. The highest BCUT2D eigenvalue weighted by molar-refractivity contribution is 7.15. The van der Waals surface area contributed by atoms with E-state index >= 15 is 0 Å². The molecule has 0 radical (unpaired) electrons. The van der Waals surface area contributed by atoms with Gasteiger partial charge in [-0.05, 0) is 30.5 Å². The van der Waals surface area contributed by atoms with Gasteiger partial charge in [0.2, 0.25) is 17.7 Å². The second-order valence-electron chi connectivity index (χ2n) is 6.47. The number of phenols is 1. The van der Waals surface area contributed by atoms with Gasteiger partial charge in [0.25, 0.3) is 0 Å². The molecule has 0 fully saturated rings. The Balaban J connectivity index is 1.67. The molecule has 3 amide bonds. The van der Waals surface area contributed by atoms with Crippen LogP contribution in [-0.2, 0) is 27.4 Å². The highest BCUT2D eigenvalue weighted by atomic mass is 32.1. The summed E-state index contributed by atoms with van der Waals surface area (Å²) >= 11 is 1.24. The number of phenolic OH excluding ortho intramolecular Hbond substituents is 1. The number of amides is 3. The number of nitrogens with one attached hydrogen (secondary N) is 3. The van der Waals surface area contributed by atoms with E-state index in [1.807, 2.05) is 0 Å². The molecule has 1 aromatic heterocycles. The normalized spacial score (nSPS) is 11.5. The van der Waals surface area contributed by atoms with Crippen LogP contribution in [-0.4, -0.2) is 52.0 Å². The summed E-state index contributed by atoms with van der Waals surface area (Å²) in [5.74, 6) is -1.20. The number of hydrogen-bond donors (Lipinski definition) is 6. The Kier molecular flexibility index (Phi) is 9.03. The van der Waals surface area contributed by atoms with E-state index in [4.69, 9.17) is 10.8 Å². The van der Waals surface area contributed by atoms with E-state index in [9.17, 15) is 19.5 Å². The van der Waals surface area contributed by atoms with E-state index < -0.39 is 17.9 Å². The minimum Gasteiger partial charge on any atom is -0.508 e. The first-order valence-electron chi connectivity index (χ1n) is 9.30. The molecule has 0 saturated heterocycles. The van der Waals surface area contributed by atoms with Crippen molar-refractivity contribution in [2.24, 2.45) is 5.73 Å². The van der Waals surface area contributed by atoms with Crippen LogP contribution in [0.5, 0.6) is 5.75 Å². The molecular weight excluding hydrogens is 410 g/mol. The molecule has 7 N–H and O–H groups in total. The number of aromatic hydroxyl groups is 1. The number of hydrogen-bond acceptors (Lipinski definition) is 8. The molecule has 1 atom stereocenters. The average Bonchev–Trinajstić information content (AvgIpc) is 3.18. The summed E-state index contributed by atoms with van der Waals surface area (Å²) in [6.45, 7) is -0.0199. The number of nitrogens with zero attached hydrogens (tertiary/aromatic N) is 1. The Morgan fingerprint density at radius 2 is 1.90 bits per heavy atom. The molecule has 162 valence electrons. The Bertz CT molecular complexity index is 855. The van der Waals surface area contributed by atoms with E-state index in [1.165, 1.54) is 17.5 Å². The number of primary amides is 1. The number of rotatable bonds is 12. The summed E-state index contributed by atoms with van der Waals surface area (Å²) < 4.78 is 0.